The van der Waals surface area contributed by atoms with Gasteiger partial charge in [-0.25, -0.2) is 15.0 Å². The Labute approximate surface area is 274 Å². The number of piperazine rings is 1. The summed E-state index contributed by atoms with van der Waals surface area (Å²) in [6.07, 6.45) is -2.43. The van der Waals surface area contributed by atoms with Gasteiger partial charge in [-0.05, 0) is 60.0 Å². The third-order valence-electron chi connectivity index (χ3n) is 8.64. The molecule has 1 amide bonds. The molecule has 47 heavy (non-hydrogen) atoms. The molecule has 9 nitrogen and oxygen atoms in total. The Morgan fingerprint density at radius 2 is 1.77 bits per heavy atom. The Balaban J connectivity index is 1.11. The first-order chi connectivity index (χ1) is 22.7. The summed E-state index contributed by atoms with van der Waals surface area (Å²) < 4.78 is 43.8. The molecular formula is C34H35F3N8OS. The van der Waals surface area contributed by atoms with Gasteiger partial charge in [0.25, 0.3) is 5.91 Å². The molecule has 13 heteroatoms. The highest BCUT2D eigenvalue weighted by molar-refractivity contribution is 7.17. The van der Waals surface area contributed by atoms with Crippen LogP contribution in [-0.2, 0) is 19.3 Å². The third-order valence-corrected chi connectivity index (χ3v) is 9.55. The molecule has 4 heterocycles. The van der Waals surface area contributed by atoms with E-state index in [1.165, 1.54) is 23.5 Å². The summed E-state index contributed by atoms with van der Waals surface area (Å²) >= 11 is 1.51. The number of fused-ring (bicyclic) bond motifs is 2. The maximum atomic E-state index is 14.3. The van der Waals surface area contributed by atoms with Crippen molar-refractivity contribution >= 4 is 55.6 Å². The first-order valence-corrected chi connectivity index (χ1v) is 16.7. The summed E-state index contributed by atoms with van der Waals surface area (Å²) in [5.41, 5.74) is 1.06. The van der Waals surface area contributed by atoms with E-state index in [9.17, 15) is 18.0 Å². The molecule has 0 spiro atoms. The molecular weight excluding hydrogens is 625 g/mol. The molecule has 3 aromatic heterocycles. The average molecular weight is 661 g/mol. The van der Waals surface area contributed by atoms with Gasteiger partial charge in [0.15, 0.2) is 0 Å². The van der Waals surface area contributed by atoms with Crippen LogP contribution in [0.5, 0.6) is 0 Å². The van der Waals surface area contributed by atoms with Crippen LogP contribution in [0.3, 0.4) is 0 Å². The van der Waals surface area contributed by atoms with Crippen LogP contribution in [0, 0.1) is 0 Å². The van der Waals surface area contributed by atoms with Crippen molar-refractivity contribution in [2.24, 2.45) is 0 Å². The SMILES string of the molecule is CCN1CCN(Cc2ccc(NCc3nc(NC(=O)c4nc(NC5CC5)c5sccc5n4)cc4ccccc34)c(C(F)(F)F)c2)CC1. The molecule has 1 saturated heterocycles. The minimum Gasteiger partial charge on any atom is -0.379 e. The molecule has 7 rings (SSSR count). The standard InChI is InChI=1S/C34H35F3N8OS/c1-2-44-12-14-45(15-13-44)20-21-7-10-26(25(17-21)34(35,36)37)38-19-28-24-6-4-3-5-22(24)18-29(40-28)42-33(46)32-41-27-11-16-47-30(27)31(43-32)39-23-8-9-23/h3-7,10-11,16-18,23,38H,2,8-9,12-15,19-20H2,1H3,(H,39,41,43)(H,40,42,46). The van der Waals surface area contributed by atoms with E-state index in [4.69, 9.17) is 0 Å². The number of likely N-dealkylation sites (N-methyl/N-ethyl adjacent to an activating group) is 1. The number of anilines is 3. The predicted octanol–water partition coefficient (Wildman–Crippen LogP) is 6.83. The van der Waals surface area contributed by atoms with E-state index in [-0.39, 0.29) is 23.9 Å². The first kappa shape index (κ1) is 31.3. The van der Waals surface area contributed by atoms with Crippen LogP contribution in [0.1, 0.15) is 47.2 Å². The molecule has 1 aliphatic carbocycles. The van der Waals surface area contributed by atoms with E-state index in [2.05, 4.69) is 47.6 Å². The van der Waals surface area contributed by atoms with Gasteiger partial charge in [-0.15, -0.1) is 11.3 Å². The van der Waals surface area contributed by atoms with Crippen molar-refractivity contribution in [1.29, 1.82) is 0 Å². The number of amides is 1. The van der Waals surface area contributed by atoms with Gasteiger partial charge in [-0.3, -0.25) is 9.69 Å². The summed E-state index contributed by atoms with van der Waals surface area (Å²) in [6.45, 7) is 7.06. The van der Waals surface area contributed by atoms with Gasteiger partial charge in [-0.2, -0.15) is 13.2 Å². The minimum atomic E-state index is -4.54. The quantitative estimate of drug-likeness (QED) is 0.150. The van der Waals surface area contributed by atoms with Gasteiger partial charge >= 0.3 is 6.18 Å². The van der Waals surface area contributed by atoms with E-state index < -0.39 is 17.6 Å². The van der Waals surface area contributed by atoms with Crippen molar-refractivity contribution in [3.05, 3.63) is 82.6 Å². The lowest BCUT2D eigenvalue weighted by Gasteiger charge is -2.34. The molecule has 244 valence electrons. The van der Waals surface area contributed by atoms with Crippen LogP contribution in [-0.4, -0.2) is 69.4 Å². The smallest absolute Gasteiger partial charge is 0.379 e. The number of hydrogen-bond donors (Lipinski definition) is 3. The maximum absolute atomic E-state index is 14.3. The highest BCUT2D eigenvalue weighted by Crippen LogP contribution is 2.36. The summed E-state index contributed by atoms with van der Waals surface area (Å²) in [7, 11) is 0. The number of benzene rings is 2. The zero-order valence-corrected chi connectivity index (χ0v) is 26.7. The summed E-state index contributed by atoms with van der Waals surface area (Å²) in [5.74, 6) is 0.380. The Kier molecular flexibility index (Phi) is 8.69. The summed E-state index contributed by atoms with van der Waals surface area (Å²) in [4.78, 5) is 31.5. The van der Waals surface area contributed by atoms with Crippen LogP contribution in [0.4, 0.5) is 30.5 Å². The number of thiophene rings is 1. The monoisotopic (exact) mass is 660 g/mol. The number of carbonyl (C=O) groups is 1. The zero-order chi connectivity index (χ0) is 32.5. The van der Waals surface area contributed by atoms with Crippen molar-refractivity contribution in [1.82, 2.24) is 24.8 Å². The van der Waals surface area contributed by atoms with Gasteiger partial charge < -0.3 is 20.9 Å². The number of rotatable bonds is 10. The molecule has 0 radical (unpaired) electrons. The van der Waals surface area contributed by atoms with E-state index >= 15 is 0 Å². The topological polar surface area (TPSA) is 98.3 Å². The summed E-state index contributed by atoms with van der Waals surface area (Å²) in [5, 5.41) is 12.6. The van der Waals surface area contributed by atoms with Crippen LogP contribution in [0.25, 0.3) is 21.0 Å². The van der Waals surface area contributed by atoms with Gasteiger partial charge in [0, 0.05) is 49.8 Å². The van der Waals surface area contributed by atoms with E-state index in [0.29, 0.717) is 35.2 Å². The number of nitrogens with one attached hydrogen (secondary N) is 3. The Bertz CT molecular complexity index is 1920. The fourth-order valence-corrected chi connectivity index (χ4v) is 6.69. The Hall–Kier alpha value is -4.33. The lowest BCUT2D eigenvalue weighted by atomic mass is 10.1. The molecule has 0 unspecified atom stereocenters. The molecule has 1 saturated carbocycles. The highest BCUT2D eigenvalue weighted by atomic mass is 32.1. The molecule has 3 N–H and O–H groups in total. The normalized spacial score (nSPS) is 16.1. The lowest BCUT2D eigenvalue weighted by molar-refractivity contribution is -0.137. The van der Waals surface area contributed by atoms with E-state index in [1.54, 1.807) is 12.1 Å². The van der Waals surface area contributed by atoms with Crippen molar-refractivity contribution in [2.75, 3.05) is 48.7 Å². The average Bonchev–Trinajstić information content (AvgIpc) is 3.75. The Morgan fingerprint density at radius 3 is 2.53 bits per heavy atom. The van der Waals surface area contributed by atoms with Crippen molar-refractivity contribution in [3.8, 4) is 0 Å². The molecule has 0 atom stereocenters. The number of alkyl halides is 3. The zero-order valence-electron chi connectivity index (χ0n) is 25.9. The first-order valence-electron chi connectivity index (χ1n) is 15.8. The fourth-order valence-electron chi connectivity index (χ4n) is 5.90. The van der Waals surface area contributed by atoms with Crippen LogP contribution in [0.15, 0.2) is 60.0 Å². The second kappa shape index (κ2) is 13.1. The summed E-state index contributed by atoms with van der Waals surface area (Å²) in [6, 6.07) is 15.9. The van der Waals surface area contributed by atoms with E-state index in [0.717, 1.165) is 61.0 Å². The molecule has 2 aliphatic rings. The van der Waals surface area contributed by atoms with Gasteiger partial charge in [0.05, 0.1) is 28.0 Å². The minimum absolute atomic E-state index is 0.0100. The number of nitrogens with zero attached hydrogens (tertiary/aromatic N) is 5. The molecule has 2 aromatic carbocycles. The second-order valence-corrected chi connectivity index (χ2v) is 12.9. The molecule has 5 aromatic rings. The van der Waals surface area contributed by atoms with Crippen molar-refractivity contribution in [3.63, 3.8) is 0 Å². The number of carbonyl (C=O) groups excluding carboxylic acids is 1. The lowest BCUT2D eigenvalue weighted by Crippen LogP contribution is -2.45. The van der Waals surface area contributed by atoms with Crippen molar-refractivity contribution in [2.45, 2.75) is 45.1 Å². The van der Waals surface area contributed by atoms with Crippen LogP contribution < -0.4 is 16.0 Å². The van der Waals surface area contributed by atoms with Crippen LogP contribution in [0.2, 0.25) is 0 Å². The highest BCUT2D eigenvalue weighted by Gasteiger charge is 2.34. The number of halogens is 3. The predicted molar refractivity (Wildman–Crippen MR) is 180 cm³/mol. The van der Waals surface area contributed by atoms with E-state index in [1.807, 2.05) is 35.7 Å². The number of pyridine rings is 1. The maximum Gasteiger partial charge on any atom is 0.418 e. The van der Waals surface area contributed by atoms with Gasteiger partial charge in [0.2, 0.25) is 5.82 Å². The van der Waals surface area contributed by atoms with Crippen LogP contribution >= 0.6 is 11.3 Å². The second-order valence-electron chi connectivity index (χ2n) is 12.0. The molecule has 2 fully saturated rings. The Morgan fingerprint density at radius 1 is 0.979 bits per heavy atom. The largest absolute Gasteiger partial charge is 0.418 e. The van der Waals surface area contributed by atoms with Gasteiger partial charge in [0.1, 0.15) is 11.6 Å². The number of aromatic nitrogens is 3. The molecule has 0 bridgehead atoms. The van der Waals surface area contributed by atoms with Gasteiger partial charge in [-0.1, -0.05) is 37.3 Å². The van der Waals surface area contributed by atoms with Crippen molar-refractivity contribution < 1.29 is 18.0 Å². The molecule has 1 aliphatic heterocycles. The third kappa shape index (κ3) is 7.16. The fraction of sp³-hybridized carbons (Fsp3) is 0.353. The number of hydrogen-bond acceptors (Lipinski definition) is 9.